The molecule has 0 aliphatic rings. The van der Waals surface area contributed by atoms with E-state index in [0.29, 0.717) is 11.3 Å². The summed E-state index contributed by atoms with van der Waals surface area (Å²) in [5.41, 5.74) is 2.94. The molecule has 0 saturated carbocycles. The van der Waals surface area contributed by atoms with Crippen LogP contribution in [0.3, 0.4) is 0 Å². The molecule has 23 heavy (non-hydrogen) atoms. The Hall–Kier alpha value is -2.66. The van der Waals surface area contributed by atoms with Gasteiger partial charge in [0.1, 0.15) is 0 Å². The van der Waals surface area contributed by atoms with E-state index in [4.69, 9.17) is 0 Å². The second kappa shape index (κ2) is 6.22. The number of pyridine rings is 1. The Morgan fingerprint density at radius 1 is 1.22 bits per heavy atom. The normalized spacial score (nSPS) is 11.2. The van der Waals surface area contributed by atoms with Gasteiger partial charge in [0.2, 0.25) is 5.91 Å². The molecular formula is C18H16N2O2S. The fourth-order valence-electron chi connectivity index (χ4n) is 2.37. The zero-order chi connectivity index (χ0) is 16.4. The highest BCUT2D eigenvalue weighted by Crippen LogP contribution is 2.21. The van der Waals surface area contributed by atoms with Gasteiger partial charge in [0.15, 0.2) is 0 Å². The lowest BCUT2D eigenvalue weighted by Gasteiger charge is -2.08. The predicted molar refractivity (Wildman–Crippen MR) is 96.0 cm³/mol. The lowest BCUT2D eigenvalue weighted by Crippen LogP contribution is -2.12. The number of aryl methyl sites for hydroxylation is 1. The fourth-order valence-corrected chi connectivity index (χ4v) is 2.99. The monoisotopic (exact) mass is 324 g/mol. The number of carbonyl (C=O) groups excluding carboxylic acids is 1. The third-order valence-electron chi connectivity index (χ3n) is 3.78. The van der Waals surface area contributed by atoms with Crippen LogP contribution in [-0.4, -0.2) is 10.9 Å². The van der Waals surface area contributed by atoms with Crippen LogP contribution < -0.4 is 10.9 Å². The summed E-state index contributed by atoms with van der Waals surface area (Å²) in [6, 6.07) is 9.41. The van der Waals surface area contributed by atoms with Crippen LogP contribution in [0.15, 0.2) is 46.6 Å². The lowest BCUT2D eigenvalue weighted by atomic mass is 10.1. The number of nitrogens with one attached hydrogen (secondary N) is 2. The van der Waals surface area contributed by atoms with Crippen molar-refractivity contribution in [1.82, 2.24) is 4.98 Å². The molecule has 3 aromatic rings. The molecule has 0 aliphatic heterocycles. The maximum Gasteiger partial charge on any atom is 0.251 e. The van der Waals surface area contributed by atoms with Gasteiger partial charge in [-0.2, -0.15) is 0 Å². The summed E-state index contributed by atoms with van der Waals surface area (Å²) in [4.78, 5) is 27.7. The van der Waals surface area contributed by atoms with Crippen LogP contribution >= 0.6 is 11.3 Å². The molecular weight excluding hydrogens is 308 g/mol. The van der Waals surface area contributed by atoms with Gasteiger partial charge in [-0.25, -0.2) is 0 Å². The summed E-state index contributed by atoms with van der Waals surface area (Å²) in [5.74, 6) is -0.205. The van der Waals surface area contributed by atoms with Gasteiger partial charge in [-0.15, -0.1) is 11.3 Å². The van der Waals surface area contributed by atoms with E-state index in [9.17, 15) is 9.59 Å². The van der Waals surface area contributed by atoms with Gasteiger partial charge in [-0.1, -0.05) is 12.1 Å². The Balaban J connectivity index is 1.85. The molecule has 2 heterocycles. The van der Waals surface area contributed by atoms with Crippen molar-refractivity contribution in [1.29, 1.82) is 0 Å². The quantitative estimate of drug-likeness (QED) is 0.719. The number of thiophene rings is 1. The predicted octanol–water partition coefficient (Wildman–Crippen LogP) is 3.86. The number of hydrogen-bond donors (Lipinski definition) is 2. The van der Waals surface area contributed by atoms with Crippen molar-refractivity contribution < 1.29 is 4.79 Å². The van der Waals surface area contributed by atoms with Crippen molar-refractivity contribution in [2.75, 3.05) is 5.32 Å². The van der Waals surface area contributed by atoms with E-state index in [0.717, 1.165) is 21.3 Å². The molecule has 116 valence electrons. The smallest absolute Gasteiger partial charge is 0.251 e. The third kappa shape index (κ3) is 3.24. The fraction of sp³-hybridized carbons (Fsp3) is 0.111. The number of hydrogen-bond acceptors (Lipinski definition) is 3. The van der Waals surface area contributed by atoms with E-state index in [2.05, 4.69) is 10.3 Å². The van der Waals surface area contributed by atoms with Gasteiger partial charge in [-0.3, -0.25) is 9.59 Å². The minimum absolute atomic E-state index is 0.101. The summed E-state index contributed by atoms with van der Waals surface area (Å²) in [7, 11) is 0. The maximum absolute atomic E-state index is 12.0. The van der Waals surface area contributed by atoms with Crippen molar-refractivity contribution in [3.8, 4) is 0 Å². The minimum Gasteiger partial charge on any atom is -0.322 e. The Morgan fingerprint density at radius 3 is 2.78 bits per heavy atom. The molecule has 1 amide bonds. The van der Waals surface area contributed by atoms with Crippen LogP contribution in [0.5, 0.6) is 0 Å². The molecule has 3 rings (SSSR count). The van der Waals surface area contributed by atoms with Crippen molar-refractivity contribution in [3.05, 3.63) is 68.1 Å². The summed E-state index contributed by atoms with van der Waals surface area (Å²) >= 11 is 1.57. The molecule has 5 heteroatoms. The molecule has 2 N–H and O–H groups in total. The van der Waals surface area contributed by atoms with Crippen LogP contribution in [-0.2, 0) is 4.79 Å². The van der Waals surface area contributed by atoms with Crippen molar-refractivity contribution in [3.63, 3.8) is 0 Å². The molecule has 4 nitrogen and oxygen atoms in total. The van der Waals surface area contributed by atoms with E-state index >= 15 is 0 Å². The number of benzene rings is 1. The van der Waals surface area contributed by atoms with Gasteiger partial charge in [0.25, 0.3) is 5.56 Å². The first kappa shape index (κ1) is 15.2. The molecule has 0 unspecified atom stereocenters. The van der Waals surface area contributed by atoms with Crippen LogP contribution in [0.2, 0.25) is 0 Å². The number of aromatic amines is 1. The highest BCUT2D eigenvalue weighted by molar-refractivity contribution is 7.10. The Labute approximate surface area is 137 Å². The van der Waals surface area contributed by atoms with Crippen molar-refractivity contribution in [2.24, 2.45) is 0 Å². The molecule has 2 aromatic heterocycles. The summed E-state index contributed by atoms with van der Waals surface area (Å²) < 4.78 is 0. The van der Waals surface area contributed by atoms with Crippen LogP contribution in [0.4, 0.5) is 5.69 Å². The van der Waals surface area contributed by atoms with Crippen molar-refractivity contribution >= 4 is 39.9 Å². The van der Waals surface area contributed by atoms with E-state index in [1.165, 1.54) is 6.08 Å². The summed E-state index contributed by atoms with van der Waals surface area (Å²) in [5, 5.41) is 5.75. The summed E-state index contributed by atoms with van der Waals surface area (Å²) in [6.07, 6.45) is 3.27. The SMILES string of the molecule is Cc1c(C)c2ccc(NC(=O)/C=C\c3cccs3)cc2[nH]c1=O. The van der Waals surface area contributed by atoms with Crippen LogP contribution in [0.25, 0.3) is 17.0 Å². The summed E-state index contributed by atoms with van der Waals surface area (Å²) in [6.45, 7) is 3.73. The van der Waals surface area contributed by atoms with E-state index in [1.54, 1.807) is 30.4 Å². The van der Waals surface area contributed by atoms with Gasteiger partial charge in [-0.05, 0) is 49.1 Å². The zero-order valence-electron chi connectivity index (χ0n) is 12.8. The Kier molecular flexibility index (Phi) is 4.12. The van der Waals surface area contributed by atoms with Gasteiger partial charge in [0, 0.05) is 27.6 Å². The number of aromatic nitrogens is 1. The van der Waals surface area contributed by atoms with Crippen LogP contribution in [0, 0.1) is 13.8 Å². The number of carbonyl (C=O) groups is 1. The van der Waals surface area contributed by atoms with Crippen LogP contribution in [0.1, 0.15) is 16.0 Å². The highest BCUT2D eigenvalue weighted by Gasteiger charge is 2.06. The number of anilines is 1. The Morgan fingerprint density at radius 2 is 2.04 bits per heavy atom. The molecule has 0 atom stereocenters. The molecule has 0 aliphatic carbocycles. The average Bonchev–Trinajstić information content (AvgIpc) is 3.04. The topological polar surface area (TPSA) is 62.0 Å². The van der Waals surface area contributed by atoms with Gasteiger partial charge < -0.3 is 10.3 Å². The number of H-pyrrole nitrogens is 1. The molecule has 1 aromatic carbocycles. The molecule has 0 bridgehead atoms. The van der Waals surface area contributed by atoms with Gasteiger partial charge >= 0.3 is 0 Å². The first-order valence-electron chi connectivity index (χ1n) is 7.20. The first-order chi connectivity index (χ1) is 11.0. The first-order valence-corrected chi connectivity index (χ1v) is 8.08. The second-order valence-corrected chi connectivity index (χ2v) is 6.28. The number of fused-ring (bicyclic) bond motifs is 1. The lowest BCUT2D eigenvalue weighted by molar-refractivity contribution is -0.111. The standard InChI is InChI=1S/C18H16N2O2S/c1-11-12(2)18(22)20-16-10-13(5-7-15(11)16)19-17(21)8-6-14-4-3-9-23-14/h3-10H,1-2H3,(H,19,21)(H,20,22)/b8-6-. The molecule has 0 radical (unpaired) electrons. The average molecular weight is 324 g/mol. The minimum atomic E-state index is -0.205. The number of amides is 1. The highest BCUT2D eigenvalue weighted by atomic mass is 32.1. The van der Waals surface area contributed by atoms with Crippen molar-refractivity contribution in [2.45, 2.75) is 13.8 Å². The molecule has 0 fully saturated rings. The maximum atomic E-state index is 12.0. The largest absolute Gasteiger partial charge is 0.322 e. The third-order valence-corrected chi connectivity index (χ3v) is 4.62. The number of rotatable bonds is 3. The zero-order valence-corrected chi connectivity index (χ0v) is 13.7. The molecule has 0 spiro atoms. The van der Waals surface area contributed by atoms with E-state index in [1.807, 2.05) is 36.6 Å². The second-order valence-electron chi connectivity index (χ2n) is 5.30. The van der Waals surface area contributed by atoms with E-state index < -0.39 is 0 Å². The molecule has 0 saturated heterocycles. The van der Waals surface area contributed by atoms with Gasteiger partial charge in [0.05, 0.1) is 5.52 Å². The Bertz CT molecular complexity index is 953. The van der Waals surface area contributed by atoms with E-state index in [-0.39, 0.29) is 11.5 Å².